The molecule has 1 fully saturated rings. The summed E-state index contributed by atoms with van der Waals surface area (Å²) in [5, 5.41) is 12.4. The summed E-state index contributed by atoms with van der Waals surface area (Å²) < 4.78 is 10.7. The van der Waals surface area contributed by atoms with Crippen LogP contribution in [0, 0.1) is 0 Å². The third-order valence-corrected chi connectivity index (χ3v) is 3.78. The zero-order chi connectivity index (χ0) is 15.2. The van der Waals surface area contributed by atoms with Gasteiger partial charge in [-0.05, 0) is 56.9 Å². The van der Waals surface area contributed by atoms with Gasteiger partial charge in [0.05, 0.1) is 13.2 Å². The first-order chi connectivity index (χ1) is 10.1. The summed E-state index contributed by atoms with van der Waals surface area (Å²) in [5.41, 5.74) is 0. The van der Waals surface area contributed by atoms with Gasteiger partial charge in [-0.1, -0.05) is 0 Å². The van der Waals surface area contributed by atoms with E-state index in [1.54, 1.807) is 38.3 Å². The standard InChI is InChI=1S/C16H23NO4/c1-11(21-15-9-7-14(20-2)8-10-15)16(19)17-12-3-5-13(18)6-4-12/h7-13,18H,3-6H2,1-2H3,(H,17,19). The summed E-state index contributed by atoms with van der Waals surface area (Å²) in [6.07, 6.45) is 2.37. The summed E-state index contributed by atoms with van der Waals surface area (Å²) in [6, 6.07) is 7.28. The second-order valence-corrected chi connectivity index (χ2v) is 5.45. The van der Waals surface area contributed by atoms with Gasteiger partial charge in [0.1, 0.15) is 11.5 Å². The number of carbonyl (C=O) groups excluding carboxylic acids is 1. The number of ether oxygens (including phenoxy) is 2. The summed E-state index contributed by atoms with van der Waals surface area (Å²) in [7, 11) is 1.60. The molecule has 0 saturated heterocycles. The van der Waals surface area contributed by atoms with E-state index < -0.39 is 6.10 Å². The number of aliphatic hydroxyl groups excluding tert-OH is 1. The van der Waals surface area contributed by atoms with Gasteiger partial charge in [0.25, 0.3) is 5.91 Å². The van der Waals surface area contributed by atoms with Crippen molar-refractivity contribution < 1.29 is 19.4 Å². The van der Waals surface area contributed by atoms with Crippen molar-refractivity contribution in [1.82, 2.24) is 5.32 Å². The molecule has 0 aromatic heterocycles. The smallest absolute Gasteiger partial charge is 0.260 e. The van der Waals surface area contributed by atoms with Crippen LogP contribution < -0.4 is 14.8 Å². The van der Waals surface area contributed by atoms with Crippen LogP contribution in [0.1, 0.15) is 32.6 Å². The molecule has 1 atom stereocenters. The van der Waals surface area contributed by atoms with Crippen LogP contribution in [-0.2, 0) is 4.79 Å². The number of hydrogen-bond donors (Lipinski definition) is 2. The van der Waals surface area contributed by atoms with E-state index >= 15 is 0 Å². The molecule has 1 aromatic rings. The Morgan fingerprint density at radius 1 is 1.19 bits per heavy atom. The number of rotatable bonds is 5. The maximum absolute atomic E-state index is 12.1. The van der Waals surface area contributed by atoms with Gasteiger partial charge in [0, 0.05) is 6.04 Å². The molecule has 1 saturated carbocycles. The fourth-order valence-electron chi connectivity index (χ4n) is 2.45. The predicted molar refractivity (Wildman–Crippen MR) is 79.5 cm³/mol. The Morgan fingerprint density at radius 2 is 1.76 bits per heavy atom. The first kappa shape index (κ1) is 15.6. The number of amides is 1. The molecule has 116 valence electrons. The van der Waals surface area contributed by atoms with Crippen molar-refractivity contribution in [3.05, 3.63) is 24.3 Å². The van der Waals surface area contributed by atoms with Gasteiger partial charge in [-0.25, -0.2) is 0 Å². The van der Waals surface area contributed by atoms with E-state index in [-0.39, 0.29) is 18.1 Å². The zero-order valence-electron chi connectivity index (χ0n) is 12.5. The zero-order valence-corrected chi connectivity index (χ0v) is 12.5. The van der Waals surface area contributed by atoms with E-state index in [1.807, 2.05) is 0 Å². The number of benzene rings is 1. The third kappa shape index (κ3) is 4.63. The molecule has 2 N–H and O–H groups in total. The van der Waals surface area contributed by atoms with Crippen molar-refractivity contribution in [2.75, 3.05) is 7.11 Å². The quantitative estimate of drug-likeness (QED) is 0.870. The fraction of sp³-hybridized carbons (Fsp3) is 0.562. The molecule has 1 aliphatic rings. The predicted octanol–water partition coefficient (Wildman–Crippen LogP) is 1.88. The van der Waals surface area contributed by atoms with E-state index in [9.17, 15) is 9.90 Å². The summed E-state index contributed by atoms with van der Waals surface area (Å²) >= 11 is 0. The van der Waals surface area contributed by atoms with E-state index in [1.165, 1.54) is 0 Å². The highest BCUT2D eigenvalue weighted by Gasteiger charge is 2.23. The van der Waals surface area contributed by atoms with Gasteiger partial charge >= 0.3 is 0 Å². The minimum absolute atomic E-state index is 0.118. The Morgan fingerprint density at radius 3 is 2.33 bits per heavy atom. The monoisotopic (exact) mass is 293 g/mol. The van der Waals surface area contributed by atoms with Crippen molar-refractivity contribution in [2.24, 2.45) is 0 Å². The fourth-order valence-corrected chi connectivity index (χ4v) is 2.45. The molecule has 0 heterocycles. The average molecular weight is 293 g/mol. The third-order valence-electron chi connectivity index (χ3n) is 3.78. The van der Waals surface area contributed by atoms with Gasteiger partial charge in [0.15, 0.2) is 6.10 Å². The van der Waals surface area contributed by atoms with E-state index in [2.05, 4.69) is 5.32 Å². The molecule has 21 heavy (non-hydrogen) atoms. The van der Waals surface area contributed by atoms with Crippen molar-refractivity contribution in [1.29, 1.82) is 0 Å². The van der Waals surface area contributed by atoms with Crippen LogP contribution >= 0.6 is 0 Å². The second-order valence-electron chi connectivity index (χ2n) is 5.45. The van der Waals surface area contributed by atoms with Crippen LogP contribution in [-0.4, -0.2) is 36.4 Å². The maximum Gasteiger partial charge on any atom is 0.260 e. The topological polar surface area (TPSA) is 67.8 Å². The lowest BCUT2D eigenvalue weighted by Crippen LogP contribution is -2.44. The highest BCUT2D eigenvalue weighted by molar-refractivity contribution is 5.81. The molecule has 0 radical (unpaired) electrons. The molecule has 1 aliphatic carbocycles. The van der Waals surface area contributed by atoms with Gasteiger partial charge < -0.3 is 19.9 Å². The van der Waals surface area contributed by atoms with Crippen LogP contribution in [0.25, 0.3) is 0 Å². The minimum atomic E-state index is -0.551. The summed E-state index contributed by atoms with van der Waals surface area (Å²) in [6.45, 7) is 1.73. The maximum atomic E-state index is 12.1. The van der Waals surface area contributed by atoms with Crippen LogP contribution in [0.2, 0.25) is 0 Å². The van der Waals surface area contributed by atoms with Gasteiger partial charge in [-0.15, -0.1) is 0 Å². The normalized spacial score (nSPS) is 23.2. The Balaban J connectivity index is 1.81. The van der Waals surface area contributed by atoms with E-state index in [0.717, 1.165) is 31.4 Å². The molecule has 1 amide bonds. The minimum Gasteiger partial charge on any atom is -0.497 e. The number of nitrogens with one attached hydrogen (secondary N) is 1. The van der Waals surface area contributed by atoms with Gasteiger partial charge in [-0.2, -0.15) is 0 Å². The Kier molecular flexibility index (Phi) is 5.44. The van der Waals surface area contributed by atoms with Gasteiger partial charge in [0.2, 0.25) is 0 Å². The molecule has 0 aliphatic heterocycles. The number of hydrogen-bond acceptors (Lipinski definition) is 4. The molecular formula is C16H23NO4. The summed E-state index contributed by atoms with van der Waals surface area (Å²) in [4.78, 5) is 12.1. The number of methoxy groups -OCH3 is 1. The van der Waals surface area contributed by atoms with Crippen molar-refractivity contribution >= 4 is 5.91 Å². The molecule has 0 bridgehead atoms. The van der Waals surface area contributed by atoms with Crippen LogP contribution in [0.4, 0.5) is 0 Å². The average Bonchev–Trinajstić information content (AvgIpc) is 2.50. The largest absolute Gasteiger partial charge is 0.497 e. The van der Waals surface area contributed by atoms with Crippen LogP contribution in [0.3, 0.4) is 0 Å². The Bertz CT molecular complexity index is 452. The molecule has 2 rings (SSSR count). The van der Waals surface area contributed by atoms with Crippen molar-refractivity contribution in [3.63, 3.8) is 0 Å². The first-order valence-electron chi connectivity index (χ1n) is 7.37. The van der Waals surface area contributed by atoms with Crippen molar-refractivity contribution in [2.45, 2.75) is 50.9 Å². The Hall–Kier alpha value is -1.75. The lowest BCUT2D eigenvalue weighted by molar-refractivity contribution is -0.128. The molecule has 5 heteroatoms. The van der Waals surface area contributed by atoms with Crippen molar-refractivity contribution in [3.8, 4) is 11.5 Å². The first-order valence-corrected chi connectivity index (χ1v) is 7.37. The SMILES string of the molecule is COc1ccc(OC(C)C(=O)NC2CCC(O)CC2)cc1. The molecule has 1 aromatic carbocycles. The molecular weight excluding hydrogens is 270 g/mol. The second kappa shape index (κ2) is 7.31. The van der Waals surface area contributed by atoms with Gasteiger partial charge in [-0.3, -0.25) is 4.79 Å². The Labute approximate surface area is 125 Å². The van der Waals surface area contributed by atoms with E-state index in [4.69, 9.17) is 9.47 Å². The molecule has 1 unspecified atom stereocenters. The van der Waals surface area contributed by atoms with Crippen LogP contribution in [0.5, 0.6) is 11.5 Å². The highest BCUT2D eigenvalue weighted by atomic mass is 16.5. The molecule has 0 spiro atoms. The van der Waals surface area contributed by atoms with E-state index in [0.29, 0.717) is 5.75 Å². The lowest BCUT2D eigenvalue weighted by atomic mass is 9.93. The number of aliphatic hydroxyl groups is 1. The summed E-state index contributed by atoms with van der Waals surface area (Å²) in [5.74, 6) is 1.27. The van der Waals surface area contributed by atoms with Crippen LogP contribution in [0.15, 0.2) is 24.3 Å². The molecule has 5 nitrogen and oxygen atoms in total. The number of carbonyl (C=O) groups is 1. The lowest BCUT2D eigenvalue weighted by Gasteiger charge is -2.27. The highest BCUT2D eigenvalue weighted by Crippen LogP contribution is 2.20.